The first-order valence-corrected chi connectivity index (χ1v) is 10.1. The molecule has 1 aliphatic heterocycles. The number of H-pyrrole nitrogens is 1. The average Bonchev–Trinajstić information content (AvgIpc) is 3.16. The number of pyridine rings is 2. The van der Waals surface area contributed by atoms with Gasteiger partial charge < -0.3 is 20.3 Å². The fourth-order valence-electron chi connectivity index (χ4n) is 3.70. The molecule has 11 heteroatoms. The largest absolute Gasteiger partial charge is 0.464 e. The number of hydrazine groups is 1. The first kappa shape index (κ1) is 20.1. The SMILES string of the molecule is NN(C(=O)O)[C@@H]1CCCN(c2c(Br)cnc3[nH]cc(NC(=O)c4cccnc4)c23)C1. The van der Waals surface area contributed by atoms with Crippen molar-refractivity contribution in [2.45, 2.75) is 18.9 Å². The lowest BCUT2D eigenvalue weighted by Gasteiger charge is -2.38. The van der Waals surface area contributed by atoms with Crippen molar-refractivity contribution in [2.24, 2.45) is 5.84 Å². The van der Waals surface area contributed by atoms with Crippen LogP contribution in [0.25, 0.3) is 11.0 Å². The molecule has 30 heavy (non-hydrogen) atoms. The van der Waals surface area contributed by atoms with Crippen LogP contribution < -0.4 is 16.1 Å². The van der Waals surface area contributed by atoms with Crippen molar-refractivity contribution >= 4 is 50.3 Å². The van der Waals surface area contributed by atoms with E-state index in [9.17, 15) is 14.7 Å². The summed E-state index contributed by atoms with van der Waals surface area (Å²) in [5.74, 6) is 5.45. The zero-order chi connectivity index (χ0) is 21.3. The molecule has 0 aliphatic carbocycles. The minimum absolute atomic E-state index is 0.287. The van der Waals surface area contributed by atoms with E-state index in [1.54, 1.807) is 30.7 Å². The van der Waals surface area contributed by atoms with Crippen molar-refractivity contribution in [1.82, 2.24) is 20.0 Å². The summed E-state index contributed by atoms with van der Waals surface area (Å²) < 4.78 is 0.742. The predicted molar refractivity (Wildman–Crippen MR) is 115 cm³/mol. The Kier molecular flexibility index (Phi) is 5.55. The number of halogens is 1. The van der Waals surface area contributed by atoms with Crippen LogP contribution in [-0.4, -0.2) is 56.2 Å². The highest BCUT2D eigenvalue weighted by Gasteiger charge is 2.29. The first-order chi connectivity index (χ1) is 14.5. The number of amides is 2. The summed E-state index contributed by atoms with van der Waals surface area (Å²) in [5, 5.41) is 13.8. The Morgan fingerprint density at radius 2 is 2.23 bits per heavy atom. The van der Waals surface area contributed by atoms with E-state index < -0.39 is 6.09 Å². The molecule has 1 fully saturated rings. The standard InChI is InChI=1S/C19H20BrN7O3/c20-13-8-23-17-15(14(9-24-17)25-18(28)11-3-1-5-22-7-11)16(13)26-6-2-4-12(10-26)27(21)19(29)30/h1,3,5,7-9,12H,2,4,6,10,21H2,(H,23,24)(H,25,28)(H,29,30)/t12-/m1/s1. The number of nitrogens with two attached hydrogens (primary N) is 1. The van der Waals surface area contributed by atoms with Gasteiger partial charge in [-0.25, -0.2) is 20.6 Å². The van der Waals surface area contributed by atoms with Gasteiger partial charge in [0.15, 0.2) is 0 Å². The molecular formula is C19H20BrN7O3. The lowest BCUT2D eigenvalue weighted by atomic mass is 10.0. The highest BCUT2D eigenvalue weighted by molar-refractivity contribution is 9.10. The van der Waals surface area contributed by atoms with Crippen LogP contribution in [0.1, 0.15) is 23.2 Å². The smallest absolute Gasteiger partial charge is 0.421 e. The highest BCUT2D eigenvalue weighted by Crippen LogP contribution is 2.39. The molecule has 1 saturated heterocycles. The highest BCUT2D eigenvalue weighted by atomic mass is 79.9. The molecule has 0 spiro atoms. The maximum Gasteiger partial charge on any atom is 0.421 e. The second-order valence-electron chi connectivity index (χ2n) is 7.01. The predicted octanol–water partition coefficient (Wildman–Crippen LogP) is 2.80. The molecule has 0 aromatic carbocycles. The van der Waals surface area contributed by atoms with Gasteiger partial charge in [-0.3, -0.25) is 9.78 Å². The molecule has 5 N–H and O–H groups in total. The summed E-state index contributed by atoms with van der Waals surface area (Å²) in [6.45, 7) is 1.16. The normalized spacial score (nSPS) is 16.5. The molecule has 10 nitrogen and oxygen atoms in total. The van der Waals surface area contributed by atoms with Crippen LogP contribution in [0, 0.1) is 0 Å². The third-order valence-corrected chi connectivity index (χ3v) is 5.71. The van der Waals surface area contributed by atoms with E-state index in [2.05, 4.69) is 41.1 Å². The summed E-state index contributed by atoms with van der Waals surface area (Å²) in [4.78, 5) is 37.5. The van der Waals surface area contributed by atoms with E-state index in [1.807, 2.05) is 0 Å². The number of carbonyl (C=O) groups excluding carboxylic acids is 1. The van der Waals surface area contributed by atoms with Gasteiger partial charge in [-0.15, -0.1) is 0 Å². The van der Waals surface area contributed by atoms with Crippen molar-refractivity contribution in [2.75, 3.05) is 23.3 Å². The molecule has 1 atom stereocenters. The number of anilines is 2. The van der Waals surface area contributed by atoms with Crippen molar-refractivity contribution in [3.05, 3.63) is 47.0 Å². The van der Waals surface area contributed by atoms with Crippen molar-refractivity contribution < 1.29 is 14.7 Å². The Labute approximate surface area is 180 Å². The van der Waals surface area contributed by atoms with E-state index in [0.717, 1.165) is 33.5 Å². The molecular weight excluding hydrogens is 454 g/mol. The Morgan fingerprint density at radius 3 is 2.97 bits per heavy atom. The molecule has 156 valence electrons. The second kappa shape index (κ2) is 8.28. The lowest BCUT2D eigenvalue weighted by molar-refractivity contribution is 0.102. The number of rotatable bonds is 4. The molecule has 4 heterocycles. The third kappa shape index (κ3) is 3.81. The molecule has 0 bridgehead atoms. The van der Waals surface area contributed by atoms with E-state index in [-0.39, 0.29) is 11.9 Å². The van der Waals surface area contributed by atoms with Gasteiger partial charge in [-0.2, -0.15) is 0 Å². The van der Waals surface area contributed by atoms with Crippen LogP contribution in [-0.2, 0) is 0 Å². The Bertz CT molecular complexity index is 1090. The van der Waals surface area contributed by atoms with Crippen LogP contribution >= 0.6 is 15.9 Å². The van der Waals surface area contributed by atoms with Gasteiger partial charge in [0.2, 0.25) is 0 Å². The van der Waals surface area contributed by atoms with Gasteiger partial charge in [-0.05, 0) is 40.9 Å². The number of hydrogen-bond acceptors (Lipinski definition) is 6. The molecule has 1 aliphatic rings. The number of nitrogens with one attached hydrogen (secondary N) is 2. The van der Waals surface area contributed by atoms with E-state index in [4.69, 9.17) is 5.84 Å². The molecule has 2 amide bonds. The monoisotopic (exact) mass is 473 g/mol. The molecule has 3 aromatic heterocycles. The number of fused-ring (bicyclic) bond motifs is 1. The van der Waals surface area contributed by atoms with E-state index in [0.29, 0.717) is 29.9 Å². The van der Waals surface area contributed by atoms with Crippen LogP contribution in [0.5, 0.6) is 0 Å². The third-order valence-electron chi connectivity index (χ3n) is 5.13. The second-order valence-corrected chi connectivity index (χ2v) is 7.86. The fourth-order valence-corrected chi connectivity index (χ4v) is 4.25. The quantitative estimate of drug-likeness (QED) is 0.259. The summed E-state index contributed by atoms with van der Waals surface area (Å²) in [5.41, 5.74) is 2.45. The number of nitrogens with zero attached hydrogens (tertiary/aromatic N) is 4. The van der Waals surface area contributed by atoms with Crippen LogP contribution in [0.15, 0.2) is 41.4 Å². The van der Waals surface area contributed by atoms with Gasteiger partial charge in [0.1, 0.15) is 5.65 Å². The zero-order valence-electron chi connectivity index (χ0n) is 15.9. The number of hydrogen-bond donors (Lipinski definition) is 4. The average molecular weight is 474 g/mol. The van der Waals surface area contributed by atoms with Gasteiger partial charge >= 0.3 is 6.09 Å². The van der Waals surface area contributed by atoms with Gasteiger partial charge in [-0.1, -0.05) is 0 Å². The fraction of sp³-hybridized carbons (Fsp3) is 0.263. The summed E-state index contributed by atoms with van der Waals surface area (Å²) in [6.07, 6.45) is 6.78. The first-order valence-electron chi connectivity index (χ1n) is 9.34. The molecule has 0 radical (unpaired) electrons. The van der Waals surface area contributed by atoms with Crippen molar-refractivity contribution in [1.29, 1.82) is 0 Å². The minimum atomic E-state index is -1.16. The number of carbonyl (C=O) groups is 2. The van der Waals surface area contributed by atoms with Gasteiger partial charge in [0.25, 0.3) is 5.91 Å². The van der Waals surface area contributed by atoms with Crippen LogP contribution in [0.4, 0.5) is 16.2 Å². The maximum absolute atomic E-state index is 12.6. The van der Waals surface area contributed by atoms with E-state index in [1.165, 1.54) is 6.20 Å². The summed E-state index contributed by atoms with van der Waals surface area (Å²) >= 11 is 3.57. The summed E-state index contributed by atoms with van der Waals surface area (Å²) in [7, 11) is 0. The number of carboxylic acid groups (broad SMARTS) is 1. The van der Waals surface area contributed by atoms with Gasteiger partial charge in [0.05, 0.1) is 32.8 Å². The number of aromatic nitrogens is 3. The Morgan fingerprint density at radius 1 is 1.40 bits per heavy atom. The minimum Gasteiger partial charge on any atom is -0.464 e. The Hall–Kier alpha value is -3.18. The van der Waals surface area contributed by atoms with Crippen LogP contribution in [0.2, 0.25) is 0 Å². The Balaban J connectivity index is 1.70. The van der Waals surface area contributed by atoms with Crippen molar-refractivity contribution in [3.63, 3.8) is 0 Å². The topological polar surface area (TPSA) is 140 Å². The zero-order valence-corrected chi connectivity index (χ0v) is 17.5. The summed E-state index contributed by atoms with van der Waals surface area (Å²) in [6, 6.07) is 3.05. The molecule has 4 rings (SSSR count). The van der Waals surface area contributed by atoms with Gasteiger partial charge in [0, 0.05) is 37.9 Å². The maximum atomic E-state index is 12.6. The molecule has 0 unspecified atom stereocenters. The van der Waals surface area contributed by atoms with Crippen LogP contribution in [0.3, 0.4) is 0 Å². The molecule has 0 saturated carbocycles. The number of piperidine rings is 1. The molecule has 3 aromatic rings. The van der Waals surface area contributed by atoms with Crippen molar-refractivity contribution in [3.8, 4) is 0 Å². The lowest BCUT2D eigenvalue weighted by Crippen LogP contribution is -2.53. The number of aromatic amines is 1. The van der Waals surface area contributed by atoms with E-state index >= 15 is 0 Å².